The van der Waals surface area contributed by atoms with Gasteiger partial charge in [-0.2, -0.15) is 5.01 Å². The van der Waals surface area contributed by atoms with Gasteiger partial charge in [0.25, 0.3) is 0 Å². The highest BCUT2D eigenvalue weighted by molar-refractivity contribution is 9.10. The van der Waals surface area contributed by atoms with E-state index in [1.165, 1.54) is 50.8 Å². The number of nitrogens with zero attached hydrogens (tertiary/aromatic N) is 3. The molecule has 2 aromatic rings. The van der Waals surface area contributed by atoms with Crippen LogP contribution in [0.3, 0.4) is 0 Å². The Balaban J connectivity index is 1.92. The molecule has 11 heteroatoms. The molecule has 10 nitrogen and oxygen atoms in total. The molecule has 0 aliphatic carbocycles. The van der Waals surface area contributed by atoms with Crippen LogP contribution in [-0.2, 0) is 23.9 Å². The fourth-order valence-corrected chi connectivity index (χ4v) is 3.48. The molecule has 3 rings (SSSR count). The Morgan fingerprint density at radius 2 is 1.65 bits per heavy atom. The van der Waals surface area contributed by atoms with Gasteiger partial charge in [0.2, 0.25) is 23.9 Å². The van der Waals surface area contributed by atoms with E-state index in [1.54, 1.807) is 24.3 Å². The molecule has 0 spiro atoms. The SMILES string of the molecule is CC(=O)Oc1ccc(C2=NN(C(C)=O)C(CN(C(C)=O)c3ccc(Br)cc3)O2)c(OC(C)=O)c1. The average molecular weight is 532 g/mol. The predicted octanol–water partition coefficient (Wildman–Crippen LogP) is 3.22. The van der Waals surface area contributed by atoms with E-state index in [4.69, 9.17) is 14.2 Å². The Morgan fingerprint density at radius 1 is 1.00 bits per heavy atom. The van der Waals surface area contributed by atoms with Gasteiger partial charge in [-0.1, -0.05) is 15.9 Å². The van der Waals surface area contributed by atoms with Gasteiger partial charge in [0, 0.05) is 43.9 Å². The lowest BCUT2D eigenvalue weighted by Gasteiger charge is -2.27. The van der Waals surface area contributed by atoms with Crippen molar-refractivity contribution in [3.05, 3.63) is 52.5 Å². The third-order valence-corrected chi connectivity index (χ3v) is 5.13. The predicted molar refractivity (Wildman–Crippen MR) is 125 cm³/mol. The summed E-state index contributed by atoms with van der Waals surface area (Å²) in [5.74, 6) is -1.63. The molecule has 0 saturated carbocycles. The van der Waals surface area contributed by atoms with Crippen LogP contribution in [-0.4, -0.2) is 47.4 Å². The molecule has 1 unspecified atom stereocenters. The quantitative estimate of drug-likeness (QED) is 0.415. The van der Waals surface area contributed by atoms with Crippen molar-refractivity contribution >= 4 is 51.3 Å². The lowest BCUT2D eigenvalue weighted by molar-refractivity contribution is -0.135. The first-order chi connectivity index (χ1) is 16.0. The number of benzene rings is 2. The van der Waals surface area contributed by atoms with Crippen molar-refractivity contribution in [2.45, 2.75) is 33.9 Å². The third kappa shape index (κ3) is 5.98. The van der Waals surface area contributed by atoms with Gasteiger partial charge in [0.05, 0.1) is 12.1 Å². The van der Waals surface area contributed by atoms with Gasteiger partial charge in [-0.05, 0) is 36.4 Å². The molecule has 0 aromatic heterocycles. The summed E-state index contributed by atoms with van der Waals surface area (Å²) in [5.41, 5.74) is 0.875. The lowest BCUT2D eigenvalue weighted by Crippen LogP contribution is -2.44. The fraction of sp³-hybridized carbons (Fsp3) is 0.261. The summed E-state index contributed by atoms with van der Waals surface area (Å²) in [6.07, 6.45) is -0.932. The summed E-state index contributed by atoms with van der Waals surface area (Å²) < 4.78 is 17.1. The zero-order valence-electron chi connectivity index (χ0n) is 18.9. The Labute approximate surface area is 204 Å². The normalized spacial score (nSPS) is 14.7. The van der Waals surface area contributed by atoms with Gasteiger partial charge in [-0.15, -0.1) is 5.10 Å². The van der Waals surface area contributed by atoms with Crippen LogP contribution in [0.15, 0.2) is 52.0 Å². The van der Waals surface area contributed by atoms with Crippen molar-refractivity contribution in [2.24, 2.45) is 5.10 Å². The Bertz CT molecular complexity index is 1160. The van der Waals surface area contributed by atoms with Crippen molar-refractivity contribution in [1.82, 2.24) is 5.01 Å². The second-order valence-corrected chi connectivity index (χ2v) is 8.21. The largest absolute Gasteiger partial charge is 0.448 e. The first kappa shape index (κ1) is 24.9. The number of esters is 2. The molecule has 0 bridgehead atoms. The van der Waals surface area contributed by atoms with E-state index in [-0.39, 0.29) is 35.4 Å². The average Bonchev–Trinajstić information content (AvgIpc) is 3.16. The molecular formula is C23H22BrN3O7. The summed E-state index contributed by atoms with van der Waals surface area (Å²) in [7, 11) is 0. The van der Waals surface area contributed by atoms with E-state index in [0.717, 1.165) is 9.48 Å². The first-order valence-electron chi connectivity index (χ1n) is 10.1. The van der Waals surface area contributed by atoms with E-state index in [9.17, 15) is 19.2 Å². The molecule has 2 aromatic carbocycles. The van der Waals surface area contributed by atoms with E-state index in [0.29, 0.717) is 5.69 Å². The number of carbonyl (C=O) groups is 4. The second-order valence-electron chi connectivity index (χ2n) is 7.29. The molecule has 1 aliphatic rings. The number of rotatable bonds is 6. The minimum absolute atomic E-state index is 0.00201. The van der Waals surface area contributed by atoms with Crippen LogP contribution in [0, 0.1) is 0 Å². The van der Waals surface area contributed by atoms with Gasteiger partial charge in [0.1, 0.15) is 11.5 Å². The molecule has 0 fully saturated rings. The summed E-state index contributed by atoms with van der Waals surface area (Å²) in [4.78, 5) is 49.0. The third-order valence-electron chi connectivity index (χ3n) is 4.60. The van der Waals surface area contributed by atoms with Crippen LogP contribution in [0.2, 0.25) is 0 Å². The number of carbonyl (C=O) groups excluding carboxylic acids is 4. The minimum atomic E-state index is -0.932. The first-order valence-corrected chi connectivity index (χ1v) is 10.9. The van der Waals surface area contributed by atoms with Crippen molar-refractivity contribution < 1.29 is 33.4 Å². The van der Waals surface area contributed by atoms with Crippen LogP contribution in [0.5, 0.6) is 11.5 Å². The lowest BCUT2D eigenvalue weighted by atomic mass is 10.2. The molecule has 0 saturated heterocycles. The summed E-state index contributed by atoms with van der Waals surface area (Å²) in [6, 6.07) is 11.4. The smallest absolute Gasteiger partial charge is 0.308 e. The van der Waals surface area contributed by atoms with Crippen molar-refractivity contribution in [3.8, 4) is 11.5 Å². The monoisotopic (exact) mass is 531 g/mol. The maximum absolute atomic E-state index is 12.4. The fourth-order valence-electron chi connectivity index (χ4n) is 3.21. The van der Waals surface area contributed by atoms with Gasteiger partial charge in [-0.25, -0.2) is 0 Å². The zero-order valence-corrected chi connectivity index (χ0v) is 20.5. The van der Waals surface area contributed by atoms with E-state index < -0.39 is 24.1 Å². The van der Waals surface area contributed by atoms with Crippen LogP contribution < -0.4 is 14.4 Å². The number of hydrogen-bond donors (Lipinski definition) is 0. The highest BCUT2D eigenvalue weighted by Crippen LogP contribution is 2.30. The van der Waals surface area contributed by atoms with Gasteiger partial charge >= 0.3 is 11.9 Å². The van der Waals surface area contributed by atoms with Crippen molar-refractivity contribution in [3.63, 3.8) is 0 Å². The molecule has 1 heterocycles. The molecule has 0 N–H and O–H groups in total. The van der Waals surface area contributed by atoms with Gasteiger partial charge < -0.3 is 19.1 Å². The second kappa shape index (κ2) is 10.5. The maximum atomic E-state index is 12.4. The topological polar surface area (TPSA) is 115 Å². The number of amides is 2. The Hall–Kier alpha value is -3.73. The van der Waals surface area contributed by atoms with E-state index in [2.05, 4.69) is 21.0 Å². The van der Waals surface area contributed by atoms with Crippen LogP contribution >= 0.6 is 15.9 Å². The van der Waals surface area contributed by atoms with Gasteiger partial charge in [-0.3, -0.25) is 19.2 Å². The molecule has 0 radical (unpaired) electrons. The number of ether oxygens (including phenoxy) is 3. The Morgan fingerprint density at radius 3 is 2.21 bits per heavy atom. The van der Waals surface area contributed by atoms with E-state index >= 15 is 0 Å². The standard InChI is InChI=1S/C23H22BrN3O7/c1-13(28)26(18-7-5-17(24)6-8-18)12-22-27(14(2)29)25-23(34-22)20-10-9-19(32-15(3)30)11-21(20)33-16(4)31/h5-11,22H,12H2,1-4H3. The van der Waals surface area contributed by atoms with E-state index in [1.807, 2.05) is 0 Å². The zero-order chi connectivity index (χ0) is 25.0. The molecule has 1 aliphatic heterocycles. The van der Waals surface area contributed by atoms with Crippen molar-refractivity contribution in [1.29, 1.82) is 0 Å². The van der Waals surface area contributed by atoms with Crippen LogP contribution in [0.1, 0.15) is 33.3 Å². The number of hydrogen-bond acceptors (Lipinski definition) is 8. The van der Waals surface area contributed by atoms with Crippen molar-refractivity contribution in [2.75, 3.05) is 11.4 Å². The Kier molecular flexibility index (Phi) is 7.67. The minimum Gasteiger partial charge on any atom is -0.448 e. The molecule has 2 amide bonds. The summed E-state index contributed by atoms with van der Waals surface area (Å²) >= 11 is 3.36. The van der Waals surface area contributed by atoms with Crippen LogP contribution in [0.4, 0.5) is 5.69 Å². The highest BCUT2D eigenvalue weighted by atomic mass is 79.9. The van der Waals surface area contributed by atoms with Crippen LogP contribution in [0.25, 0.3) is 0 Å². The number of halogens is 1. The molecule has 1 atom stereocenters. The molecule has 34 heavy (non-hydrogen) atoms. The number of hydrazone groups is 1. The maximum Gasteiger partial charge on any atom is 0.308 e. The summed E-state index contributed by atoms with van der Waals surface area (Å²) in [5, 5.41) is 5.36. The van der Waals surface area contributed by atoms with Gasteiger partial charge in [0.15, 0.2) is 0 Å². The highest BCUT2D eigenvalue weighted by Gasteiger charge is 2.35. The molecular weight excluding hydrogens is 510 g/mol. The summed E-state index contributed by atoms with van der Waals surface area (Å²) in [6.45, 7) is 5.18. The molecule has 178 valence electrons. The number of anilines is 1.